The first-order valence-corrected chi connectivity index (χ1v) is 7.61. The topological polar surface area (TPSA) is 72.9 Å². The highest BCUT2D eigenvalue weighted by Crippen LogP contribution is 2.07. The van der Waals surface area contributed by atoms with Gasteiger partial charge in [0.05, 0.1) is 12.4 Å². The third-order valence-electron chi connectivity index (χ3n) is 3.48. The highest BCUT2D eigenvalue weighted by Gasteiger charge is 2.14. The van der Waals surface area contributed by atoms with Gasteiger partial charge in [0, 0.05) is 25.5 Å². The van der Waals surface area contributed by atoms with E-state index in [2.05, 4.69) is 36.3 Å². The van der Waals surface area contributed by atoms with E-state index in [1.807, 2.05) is 22.9 Å². The molecule has 1 aromatic carbocycles. The van der Waals surface area contributed by atoms with Gasteiger partial charge < -0.3 is 15.6 Å². The second-order valence-corrected chi connectivity index (χ2v) is 6.01. The van der Waals surface area contributed by atoms with Crippen LogP contribution in [0.25, 0.3) is 0 Å². The Balaban J connectivity index is 0.00000264. The molecule has 0 radical (unpaired) electrons. The van der Waals surface area contributed by atoms with Crippen LogP contribution < -0.4 is 11.1 Å². The average Bonchev–Trinajstić information content (AvgIpc) is 2.98. The number of nitrogens with two attached hydrogens (primary N) is 1. The summed E-state index contributed by atoms with van der Waals surface area (Å²) in [5, 5.41) is 2.89. The van der Waals surface area contributed by atoms with Crippen LogP contribution in [0.2, 0.25) is 0 Å². The van der Waals surface area contributed by atoms with Crippen LogP contribution in [0.15, 0.2) is 43.0 Å². The zero-order valence-corrected chi connectivity index (χ0v) is 15.6. The number of carbonyl (C=O) groups is 1. The Labute approximate surface area is 155 Å². The smallest absolute Gasteiger partial charge is 0.237 e. The van der Waals surface area contributed by atoms with Crippen molar-refractivity contribution in [3.8, 4) is 0 Å². The molecule has 0 unspecified atom stereocenters. The Morgan fingerprint density at radius 3 is 2.38 bits per heavy atom. The van der Waals surface area contributed by atoms with Crippen molar-refractivity contribution in [2.75, 3.05) is 0 Å². The number of halogens is 2. The lowest BCUT2D eigenvalue weighted by atomic mass is 10.0. The minimum absolute atomic E-state index is 0. The van der Waals surface area contributed by atoms with Gasteiger partial charge in [-0.25, -0.2) is 4.98 Å². The molecule has 1 heterocycles. The molecular weight excluding hydrogens is 347 g/mol. The van der Waals surface area contributed by atoms with Crippen molar-refractivity contribution in [1.82, 2.24) is 14.9 Å². The number of imidazole rings is 1. The molecule has 0 bridgehead atoms. The van der Waals surface area contributed by atoms with Crippen LogP contribution in [0.3, 0.4) is 0 Å². The fraction of sp³-hybridized carbons (Fsp3) is 0.412. The number of hydrogen-bond donors (Lipinski definition) is 2. The third kappa shape index (κ3) is 7.34. The van der Waals surface area contributed by atoms with Crippen molar-refractivity contribution < 1.29 is 4.79 Å². The number of amides is 1. The van der Waals surface area contributed by atoms with Crippen LogP contribution in [0, 0.1) is 5.92 Å². The molecule has 2 aromatic rings. The van der Waals surface area contributed by atoms with E-state index in [1.54, 1.807) is 12.5 Å². The van der Waals surface area contributed by atoms with E-state index in [-0.39, 0.29) is 30.7 Å². The van der Waals surface area contributed by atoms with Gasteiger partial charge in [-0.15, -0.1) is 24.8 Å². The number of nitrogens with zero attached hydrogens (tertiary/aromatic N) is 2. The predicted octanol–water partition coefficient (Wildman–Crippen LogP) is 2.76. The van der Waals surface area contributed by atoms with Gasteiger partial charge in [0.25, 0.3) is 0 Å². The molecular formula is C17H26Cl2N4O. The van der Waals surface area contributed by atoms with E-state index in [0.717, 1.165) is 12.1 Å². The van der Waals surface area contributed by atoms with Gasteiger partial charge in [-0.1, -0.05) is 38.1 Å². The molecule has 1 aromatic heterocycles. The molecule has 0 aliphatic heterocycles. The maximum Gasteiger partial charge on any atom is 0.237 e. The fourth-order valence-corrected chi connectivity index (χ4v) is 2.29. The van der Waals surface area contributed by atoms with E-state index in [9.17, 15) is 4.79 Å². The summed E-state index contributed by atoms with van der Waals surface area (Å²) in [7, 11) is 0. The van der Waals surface area contributed by atoms with E-state index in [0.29, 0.717) is 18.9 Å². The largest absolute Gasteiger partial charge is 0.351 e. The second-order valence-electron chi connectivity index (χ2n) is 6.01. The second kappa shape index (κ2) is 11.1. The highest BCUT2D eigenvalue weighted by atomic mass is 35.5. The van der Waals surface area contributed by atoms with Crippen LogP contribution in [0.5, 0.6) is 0 Å². The number of rotatable bonds is 7. The minimum atomic E-state index is -0.430. The number of carbonyl (C=O) groups excluding carboxylic acids is 1. The van der Waals surface area contributed by atoms with Crippen LogP contribution in [0.4, 0.5) is 0 Å². The number of hydrogen-bond acceptors (Lipinski definition) is 3. The predicted molar refractivity (Wildman–Crippen MR) is 102 cm³/mol. The SMILES string of the molecule is CC(C)C[C@H](N)C(=O)NCc1ccc(Cn2ccnc2)cc1.Cl.Cl. The van der Waals surface area contributed by atoms with Gasteiger partial charge in [-0.2, -0.15) is 0 Å². The quantitative estimate of drug-likeness (QED) is 0.784. The first kappa shape index (κ1) is 22.4. The third-order valence-corrected chi connectivity index (χ3v) is 3.48. The van der Waals surface area contributed by atoms with E-state index < -0.39 is 6.04 Å². The standard InChI is InChI=1S/C17H24N4O.2ClH/c1-13(2)9-16(18)17(22)20-10-14-3-5-15(6-4-14)11-21-8-7-19-12-21;;/h3-8,12-13,16H,9-11,18H2,1-2H3,(H,20,22);2*1H/t16-;;/m0../s1. The van der Waals surface area contributed by atoms with Crippen molar-refractivity contribution in [3.63, 3.8) is 0 Å². The van der Waals surface area contributed by atoms with Crippen LogP contribution in [-0.2, 0) is 17.9 Å². The summed E-state index contributed by atoms with van der Waals surface area (Å²) in [6.07, 6.45) is 6.20. The summed E-state index contributed by atoms with van der Waals surface area (Å²) in [6, 6.07) is 7.76. The molecule has 3 N–H and O–H groups in total. The summed E-state index contributed by atoms with van der Waals surface area (Å²) in [4.78, 5) is 15.9. The maximum absolute atomic E-state index is 11.9. The summed E-state index contributed by atoms with van der Waals surface area (Å²) in [5.74, 6) is 0.333. The fourth-order valence-electron chi connectivity index (χ4n) is 2.29. The number of nitrogens with one attached hydrogen (secondary N) is 1. The Morgan fingerprint density at radius 1 is 1.21 bits per heavy atom. The van der Waals surface area contributed by atoms with Crippen LogP contribution in [-0.4, -0.2) is 21.5 Å². The van der Waals surface area contributed by atoms with E-state index >= 15 is 0 Å². The molecule has 0 spiro atoms. The molecule has 0 aliphatic carbocycles. The van der Waals surface area contributed by atoms with Gasteiger partial charge in [0.15, 0.2) is 0 Å². The molecule has 1 amide bonds. The summed E-state index contributed by atoms with van der Waals surface area (Å²) in [6.45, 7) is 5.43. The van der Waals surface area contributed by atoms with Gasteiger partial charge in [-0.05, 0) is 23.5 Å². The van der Waals surface area contributed by atoms with E-state index in [1.165, 1.54) is 5.56 Å². The van der Waals surface area contributed by atoms with Gasteiger partial charge in [0.1, 0.15) is 0 Å². The molecule has 0 saturated carbocycles. The van der Waals surface area contributed by atoms with Gasteiger partial charge >= 0.3 is 0 Å². The lowest BCUT2D eigenvalue weighted by Crippen LogP contribution is -2.41. The molecule has 24 heavy (non-hydrogen) atoms. The number of aromatic nitrogens is 2. The Bertz CT molecular complexity index is 585. The zero-order valence-electron chi connectivity index (χ0n) is 14.0. The lowest BCUT2D eigenvalue weighted by molar-refractivity contribution is -0.122. The van der Waals surface area contributed by atoms with Crippen molar-refractivity contribution in [1.29, 1.82) is 0 Å². The molecule has 1 atom stereocenters. The average molecular weight is 373 g/mol. The molecule has 0 fully saturated rings. The zero-order chi connectivity index (χ0) is 15.9. The molecule has 134 valence electrons. The Kier molecular flexibility index (Phi) is 10.4. The van der Waals surface area contributed by atoms with Crippen molar-refractivity contribution in [2.24, 2.45) is 11.7 Å². The maximum atomic E-state index is 11.9. The lowest BCUT2D eigenvalue weighted by Gasteiger charge is -2.14. The Morgan fingerprint density at radius 2 is 1.83 bits per heavy atom. The highest BCUT2D eigenvalue weighted by molar-refractivity contribution is 5.85. The Hall–Kier alpha value is -1.56. The first-order chi connectivity index (χ1) is 10.5. The minimum Gasteiger partial charge on any atom is -0.351 e. The van der Waals surface area contributed by atoms with Crippen molar-refractivity contribution >= 4 is 30.7 Å². The first-order valence-electron chi connectivity index (χ1n) is 7.61. The molecule has 0 aliphatic rings. The summed E-state index contributed by atoms with van der Waals surface area (Å²) in [5.41, 5.74) is 8.13. The summed E-state index contributed by atoms with van der Waals surface area (Å²) >= 11 is 0. The van der Waals surface area contributed by atoms with Crippen molar-refractivity contribution in [2.45, 2.75) is 39.4 Å². The normalized spacial score (nSPS) is 11.3. The van der Waals surface area contributed by atoms with Crippen LogP contribution in [0.1, 0.15) is 31.4 Å². The molecule has 5 nitrogen and oxygen atoms in total. The van der Waals surface area contributed by atoms with Gasteiger partial charge in [0.2, 0.25) is 5.91 Å². The molecule has 7 heteroatoms. The molecule has 2 rings (SSSR count). The van der Waals surface area contributed by atoms with Crippen molar-refractivity contribution in [3.05, 3.63) is 54.1 Å². The van der Waals surface area contributed by atoms with Gasteiger partial charge in [-0.3, -0.25) is 4.79 Å². The van der Waals surface area contributed by atoms with Crippen LogP contribution >= 0.6 is 24.8 Å². The number of benzene rings is 1. The summed E-state index contributed by atoms with van der Waals surface area (Å²) < 4.78 is 2.02. The monoisotopic (exact) mass is 372 g/mol. The van der Waals surface area contributed by atoms with E-state index in [4.69, 9.17) is 5.73 Å². The molecule has 0 saturated heterocycles.